The van der Waals surface area contributed by atoms with Crippen LogP contribution < -0.4 is 10.2 Å². The maximum atomic E-state index is 4.32. The number of hydrogen-bond acceptors (Lipinski definition) is 4. The molecule has 0 aromatic carbocycles. The zero-order chi connectivity index (χ0) is 12.8. The van der Waals surface area contributed by atoms with Gasteiger partial charge >= 0.3 is 0 Å². The lowest BCUT2D eigenvalue weighted by atomic mass is 9.97. The van der Waals surface area contributed by atoms with Crippen molar-refractivity contribution in [3.8, 4) is 0 Å². The summed E-state index contributed by atoms with van der Waals surface area (Å²) in [4.78, 5) is 2.39. The number of nitrogens with one attached hydrogen (secondary N) is 1. The summed E-state index contributed by atoms with van der Waals surface area (Å²) in [6, 6.07) is 4.15. The lowest BCUT2D eigenvalue weighted by Crippen LogP contribution is -2.37. The van der Waals surface area contributed by atoms with Gasteiger partial charge in [-0.3, -0.25) is 0 Å². The molecular weight excluding hydrogens is 224 g/mol. The Morgan fingerprint density at radius 3 is 2.67 bits per heavy atom. The van der Waals surface area contributed by atoms with Crippen molar-refractivity contribution < 1.29 is 0 Å². The van der Waals surface area contributed by atoms with Gasteiger partial charge in [0, 0.05) is 13.1 Å². The Bertz CT molecular complexity index is 343. The second-order valence-corrected chi connectivity index (χ2v) is 5.17. The molecule has 0 bridgehead atoms. The number of aromatic nitrogens is 2. The number of rotatable bonds is 5. The molecule has 0 aliphatic carbocycles. The predicted molar refractivity (Wildman–Crippen MR) is 74.9 cm³/mol. The van der Waals surface area contributed by atoms with Crippen LogP contribution in [0.15, 0.2) is 12.1 Å². The third kappa shape index (κ3) is 3.67. The van der Waals surface area contributed by atoms with Crippen LogP contribution in [-0.2, 0) is 0 Å². The van der Waals surface area contributed by atoms with Gasteiger partial charge in [-0.05, 0) is 57.3 Å². The van der Waals surface area contributed by atoms with Crippen molar-refractivity contribution >= 4 is 5.82 Å². The first-order chi connectivity index (χ1) is 8.79. The maximum Gasteiger partial charge on any atom is 0.151 e. The highest BCUT2D eigenvalue weighted by Gasteiger charge is 2.17. The molecule has 1 saturated heterocycles. The highest BCUT2D eigenvalue weighted by molar-refractivity contribution is 5.37. The lowest BCUT2D eigenvalue weighted by molar-refractivity contribution is 0.372. The normalized spacial score (nSPS) is 16.8. The number of aryl methyl sites for hydroxylation is 1. The molecule has 4 heteroatoms. The summed E-state index contributed by atoms with van der Waals surface area (Å²) in [5, 5.41) is 11.9. The number of nitrogens with zero attached hydrogens (tertiary/aromatic N) is 3. The molecular formula is C14H24N4. The smallest absolute Gasteiger partial charge is 0.151 e. The average Bonchev–Trinajstić information content (AvgIpc) is 2.40. The van der Waals surface area contributed by atoms with Gasteiger partial charge in [0.2, 0.25) is 0 Å². The summed E-state index contributed by atoms with van der Waals surface area (Å²) in [6.07, 6.45) is 3.71. The Balaban J connectivity index is 2.00. The molecule has 1 N–H and O–H groups in total. The Morgan fingerprint density at radius 1 is 1.28 bits per heavy atom. The summed E-state index contributed by atoms with van der Waals surface area (Å²) < 4.78 is 0. The molecule has 1 aromatic rings. The van der Waals surface area contributed by atoms with Gasteiger partial charge in [-0.25, -0.2) is 0 Å². The summed E-state index contributed by atoms with van der Waals surface area (Å²) in [5.41, 5.74) is 0.983. The monoisotopic (exact) mass is 248 g/mol. The van der Waals surface area contributed by atoms with Crippen molar-refractivity contribution in [2.45, 2.75) is 33.1 Å². The third-order valence-corrected chi connectivity index (χ3v) is 3.54. The van der Waals surface area contributed by atoms with Gasteiger partial charge in [0.1, 0.15) is 0 Å². The molecule has 4 nitrogen and oxygen atoms in total. The minimum atomic E-state index is 0.793. The Labute approximate surface area is 110 Å². The molecule has 0 saturated carbocycles. The first-order valence-electron chi connectivity index (χ1n) is 7.05. The van der Waals surface area contributed by atoms with Crippen molar-refractivity contribution in [1.82, 2.24) is 15.5 Å². The summed E-state index contributed by atoms with van der Waals surface area (Å²) in [7, 11) is 0. The topological polar surface area (TPSA) is 41.0 Å². The predicted octanol–water partition coefficient (Wildman–Crippen LogP) is 2.00. The Hall–Kier alpha value is -1.16. The third-order valence-electron chi connectivity index (χ3n) is 3.54. The van der Waals surface area contributed by atoms with E-state index in [0.717, 1.165) is 50.0 Å². The van der Waals surface area contributed by atoms with Gasteiger partial charge in [-0.15, -0.1) is 5.10 Å². The minimum Gasteiger partial charge on any atom is -0.355 e. The van der Waals surface area contributed by atoms with Crippen LogP contribution in [0.3, 0.4) is 0 Å². The molecule has 1 aromatic heterocycles. The van der Waals surface area contributed by atoms with Crippen LogP contribution in [0.4, 0.5) is 5.82 Å². The van der Waals surface area contributed by atoms with E-state index in [1.54, 1.807) is 0 Å². The van der Waals surface area contributed by atoms with E-state index in [0.29, 0.717) is 0 Å². The number of anilines is 1. The van der Waals surface area contributed by atoms with Crippen molar-refractivity contribution in [2.24, 2.45) is 5.92 Å². The molecule has 0 radical (unpaired) electrons. The van der Waals surface area contributed by atoms with Crippen LogP contribution in [0.2, 0.25) is 0 Å². The number of piperidine rings is 1. The lowest BCUT2D eigenvalue weighted by Gasteiger charge is -2.30. The van der Waals surface area contributed by atoms with Crippen molar-refractivity contribution in [1.29, 1.82) is 0 Å². The van der Waals surface area contributed by atoms with Crippen LogP contribution in [0, 0.1) is 12.8 Å². The second-order valence-electron chi connectivity index (χ2n) is 5.17. The molecule has 2 heterocycles. The summed E-state index contributed by atoms with van der Waals surface area (Å²) >= 11 is 0. The highest BCUT2D eigenvalue weighted by atomic mass is 15.3. The minimum absolute atomic E-state index is 0.793. The van der Waals surface area contributed by atoms with Crippen LogP contribution in [0.1, 0.15) is 31.9 Å². The van der Waals surface area contributed by atoms with Gasteiger partial charge < -0.3 is 10.2 Å². The summed E-state index contributed by atoms with van der Waals surface area (Å²) in [5.74, 6) is 1.82. The van der Waals surface area contributed by atoms with Gasteiger partial charge in [0.05, 0.1) is 5.69 Å². The fraction of sp³-hybridized carbons (Fsp3) is 0.714. The molecule has 1 fully saturated rings. The molecule has 100 valence electrons. The van der Waals surface area contributed by atoms with E-state index in [2.05, 4.69) is 33.4 Å². The molecule has 0 unspecified atom stereocenters. The highest BCUT2D eigenvalue weighted by Crippen LogP contribution is 2.18. The summed E-state index contributed by atoms with van der Waals surface area (Å²) in [6.45, 7) is 8.70. The largest absolute Gasteiger partial charge is 0.355 e. The molecule has 0 amide bonds. The average molecular weight is 248 g/mol. The van der Waals surface area contributed by atoms with Crippen LogP contribution in [0.5, 0.6) is 0 Å². The van der Waals surface area contributed by atoms with E-state index in [1.807, 2.05) is 13.0 Å². The van der Waals surface area contributed by atoms with Crippen LogP contribution in [0.25, 0.3) is 0 Å². The van der Waals surface area contributed by atoms with E-state index in [-0.39, 0.29) is 0 Å². The van der Waals surface area contributed by atoms with Crippen LogP contribution in [-0.4, -0.2) is 36.4 Å². The molecule has 1 aliphatic heterocycles. The van der Waals surface area contributed by atoms with E-state index >= 15 is 0 Å². The van der Waals surface area contributed by atoms with Crippen molar-refractivity contribution in [2.75, 3.05) is 31.1 Å². The van der Waals surface area contributed by atoms with E-state index < -0.39 is 0 Å². The fourth-order valence-corrected chi connectivity index (χ4v) is 2.51. The zero-order valence-electron chi connectivity index (χ0n) is 11.5. The fourth-order valence-electron chi connectivity index (χ4n) is 2.51. The molecule has 0 atom stereocenters. The second kappa shape index (κ2) is 6.69. The van der Waals surface area contributed by atoms with Gasteiger partial charge in [0.15, 0.2) is 5.82 Å². The van der Waals surface area contributed by atoms with Gasteiger partial charge in [-0.1, -0.05) is 6.92 Å². The molecule has 18 heavy (non-hydrogen) atoms. The Kier molecular flexibility index (Phi) is 4.93. The van der Waals surface area contributed by atoms with E-state index in [1.165, 1.54) is 12.8 Å². The maximum absolute atomic E-state index is 4.32. The zero-order valence-corrected chi connectivity index (χ0v) is 11.5. The molecule has 0 spiro atoms. The van der Waals surface area contributed by atoms with Gasteiger partial charge in [0.25, 0.3) is 0 Å². The van der Waals surface area contributed by atoms with Gasteiger partial charge in [-0.2, -0.15) is 5.10 Å². The quantitative estimate of drug-likeness (QED) is 0.865. The first kappa shape index (κ1) is 13.3. The Morgan fingerprint density at radius 2 is 2.06 bits per heavy atom. The molecule has 1 aliphatic rings. The standard InChI is InChI=1S/C14H24N4/c1-3-10-18(11-13-6-8-15-9-7-13)14-5-4-12(2)16-17-14/h4-5,13,15H,3,6-11H2,1-2H3. The van der Waals surface area contributed by atoms with Crippen molar-refractivity contribution in [3.05, 3.63) is 17.8 Å². The number of hydrogen-bond donors (Lipinski definition) is 1. The first-order valence-corrected chi connectivity index (χ1v) is 7.05. The van der Waals surface area contributed by atoms with E-state index in [4.69, 9.17) is 0 Å². The van der Waals surface area contributed by atoms with Crippen LogP contribution >= 0.6 is 0 Å². The van der Waals surface area contributed by atoms with Crippen molar-refractivity contribution in [3.63, 3.8) is 0 Å². The molecule has 2 rings (SSSR count). The SMILES string of the molecule is CCCN(CC1CCNCC1)c1ccc(C)nn1. The van der Waals surface area contributed by atoms with E-state index in [9.17, 15) is 0 Å².